The van der Waals surface area contributed by atoms with Gasteiger partial charge in [-0.3, -0.25) is 0 Å². The van der Waals surface area contributed by atoms with Gasteiger partial charge in [-0.05, 0) is 12.1 Å². The molecule has 1 rings (SSSR count). The van der Waals surface area contributed by atoms with E-state index in [0.717, 1.165) is 4.47 Å². The lowest BCUT2D eigenvalue weighted by Crippen LogP contribution is -1.97. The van der Waals surface area contributed by atoms with Gasteiger partial charge in [0.1, 0.15) is 5.75 Å². The lowest BCUT2D eigenvalue weighted by atomic mass is 10.1. The van der Waals surface area contributed by atoms with Crippen LogP contribution < -0.4 is 4.74 Å². The summed E-state index contributed by atoms with van der Waals surface area (Å²) in [6.45, 7) is -0.203. The molecule has 0 aliphatic rings. The highest BCUT2D eigenvalue weighted by Gasteiger charge is 2.08. The van der Waals surface area contributed by atoms with E-state index < -0.39 is 0 Å². The summed E-state index contributed by atoms with van der Waals surface area (Å²) in [5.74, 6) is 0.549. The Morgan fingerprint density at radius 3 is 2.00 bits per heavy atom. The smallest absolute Gasteiger partial charge is 0.129 e. The Morgan fingerprint density at radius 1 is 1.23 bits per heavy atom. The molecular formula is C9H11BrO3. The highest BCUT2D eigenvalue weighted by atomic mass is 79.9. The molecule has 0 spiro atoms. The van der Waals surface area contributed by atoms with E-state index in [1.165, 1.54) is 7.11 Å². The first-order chi connectivity index (χ1) is 6.22. The Morgan fingerprint density at radius 2 is 1.69 bits per heavy atom. The van der Waals surface area contributed by atoms with Crippen molar-refractivity contribution in [1.82, 2.24) is 0 Å². The number of aliphatic hydroxyl groups excluding tert-OH is 2. The summed E-state index contributed by atoms with van der Waals surface area (Å²) in [4.78, 5) is 0. The number of halogens is 1. The minimum absolute atomic E-state index is 0.102. The summed E-state index contributed by atoms with van der Waals surface area (Å²) >= 11 is 3.28. The number of benzene rings is 1. The second kappa shape index (κ2) is 4.60. The molecule has 0 atom stereocenters. The van der Waals surface area contributed by atoms with Gasteiger partial charge in [-0.15, -0.1) is 0 Å². The molecule has 0 unspecified atom stereocenters. The highest BCUT2D eigenvalue weighted by molar-refractivity contribution is 9.10. The quantitative estimate of drug-likeness (QED) is 0.849. The number of aliphatic hydroxyl groups is 2. The fourth-order valence-electron chi connectivity index (χ4n) is 1.21. The third-order valence-corrected chi connectivity index (χ3v) is 2.21. The third kappa shape index (κ3) is 2.21. The number of hydrogen-bond donors (Lipinski definition) is 2. The summed E-state index contributed by atoms with van der Waals surface area (Å²) < 4.78 is 5.89. The summed E-state index contributed by atoms with van der Waals surface area (Å²) in [5.41, 5.74) is 1.34. The van der Waals surface area contributed by atoms with Crippen molar-refractivity contribution >= 4 is 15.9 Å². The van der Waals surface area contributed by atoms with E-state index >= 15 is 0 Å². The largest absolute Gasteiger partial charge is 0.496 e. The van der Waals surface area contributed by atoms with Gasteiger partial charge in [-0.2, -0.15) is 0 Å². The van der Waals surface area contributed by atoms with E-state index in [-0.39, 0.29) is 13.2 Å². The van der Waals surface area contributed by atoms with E-state index in [4.69, 9.17) is 14.9 Å². The summed E-state index contributed by atoms with van der Waals surface area (Å²) in [7, 11) is 1.52. The molecule has 4 heteroatoms. The first-order valence-corrected chi connectivity index (χ1v) is 4.59. The van der Waals surface area contributed by atoms with Gasteiger partial charge in [-0.25, -0.2) is 0 Å². The molecule has 0 heterocycles. The van der Waals surface area contributed by atoms with Gasteiger partial charge in [0.25, 0.3) is 0 Å². The van der Waals surface area contributed by atoms with Gasteiger partial charge in [0.15, 0.2) is 0 Å². The van der Waals surface area contributed by atoms with Crippen molar-refractivity contribution in [2.45, 2.75) is 13.2 Å². The number of ether oxygens (including phenoxy) is 1. The molecule has 1 aromatic carbocycles. The van der Waals surface area contributed by atoms with Crippen LogP contribution in [0.5, 0.6) is 5.75 Å². The predicted octanol–water partition coefficient (Wildman–Crippen LogP) is 1.44. The molecule has 0 aromatic heterocycles. The number of methoxy groups -OCH3 is 1. The van der Waals surface area contributed by atoms with Crippen molar-refractivity contribution in [2.75, 3.05) is 7.11 Å². The number of rotatable bonds is 3. The minimum Gasteiger partial charge on any atom is -0.496 e. The van der Waals surface area contributed by atoms with Gasteiger partial charge in [0.05, 0.1) is 20.3 Å². The van der Waals surface area contributed by atoms with Crippen LogP contribution in [0.3, 0.4) is 0 Å². The first-order valence-electron chi connectivity index (χ1n) is 3.80. The molecule has 0 aliphatic heterocycles. The maximum Gasteiger partial charge on any atom is 0.129 e. The van der Waals surface area contributed by atoms with Gasteiger partial charge in [0.2, 0.25) is 0 Å². The van der Waals surface area contributed by atoms with Crippen LogP contribution in [0, 0.1) is 0 Å². The lowest BCUT2D eigenvalue weighted by Gasteiger charge is -2.11. The average molecular weight is 247 g/mol. The van der Waals surface area contributed by atoms with Gasteiger partial charge in [-0.1, -0.05) is 15.9 Å². The van der Waals surface area contributed by atoms with E-state index in [9.17, 15) is 0 Å². The molecule has 0 fully saturated rings. The van der Waals surface area contributed by atoms with Crippen molar-refractivity contribution in [3.8, 4) is 5.75 Å². The second-order valence-corrected chi connectivity index (χ2v) is 3.49. The highest BCUT2D eigenvalue weighted by Crippen LogP contribution is 2.28. The zero-order chi connectivity index (χ0) is 9.84. The number of hydrogen-bond acceptors (Lipinski definition) is 3. The standard InChI is InChI=1S/C9H11BrO3/c1-13-9-6(4-11)2-8(10)3-7(9)5-12/h2-3,11-12H,4-5H2,1H3. The maximum atomic E-state index is 9.01. The van der Waals surface area contributed by atoms with Gasteiger partial charge in [0, 0.05) is 15.6 Å². The average Bonchev–Trinajstić information content (AvgIpc) is 2.16. The van der Waals surface area contributed by atoms with E-state index in [1.807, 2.05) is 0 Å². The van der Waals surface area contributed by atoms with Crippen molar-refractivity contribution in [3.05, 3.63) is 27.7 Å². The summed E-state index contributed by atoms with van der Waals surface area (Å²) in [6.07, 6.45) is 0. The molecular weight excluding hydrogens is 236 g/mol. The maximum absolute atomic E-state index is 9.01. The molecule has 0 radical (unpaired) electrons. The molecule has 13 heavy (non-hydrogen) atoms. The Hall–Kier alpha value is -0.580. The normalized spacial score (nSPS) is 10.2. The molecule has 0 aliphatic carbocycles. The van der Waals surface area contributed by atoms with Crippen LogP contribution in [0.1, 0.15) is 11.1 Å². The van der Waals surface area contributed by atoms with E-state index in [2.05, 4.69) is 15.9 Å². The molecule has 0 saturated heterocycles. The fourth-order valence-corrected chi connectivity index (χ4v) is 1.76. The van der Waals surface area contributed by atoms with Crippen LogP contribution in [0.4, 0.5) is 0 Å². The topological polar surface area (TPSA) is 49.7 Å². The Balaban J connectivity index is 3.25. The van der Waals surface area contributed by atoms with E-state index in [1.54, 1.807) is 12.1 Å². The monoisotopic (exact) mass is 246 g/mol. The SMILES string of the molecule is COc1c(CO)cc(Br)cc1CO. The van der Waals surface area contributed by atoms with E-state index in [0.29, 0.717) is 16.9 Å². The molecule has 0 saturated carbocycles. The van der Waals surface area contributed by atoms with Crippen LogP contribution >= 0.6 is 15.9 Å². The van der Waals surface area contributed by atoms with Crippen molar-refractivity contribution in [2.24, 2.45) is 0 Å². The Bertz CT molecular complexity index is 274. The van der Waals surface area contributed by atoms with Crippen LogP contribution in [0.25, 0.3) is 0 Å². The zero-order valence-corrected chi connectivity index (χ0v) is 8.84. The zero-order valence-electron chi connectivity index (χ0n) is 7.25. The summed E-state index contributed by atoms with van der Waals surface area (Å²) in [5, 5.41) is 18.0. The van der Waals surface area contributed by atoms with Crippen molar-refractivity contribution in [1.29, 1.82) is 0 Å². The minimum atomic E-state index is -0.102. The molecule has 1 aromatic rings. The molecule has 0 bridgehead atoms. The van der Waals surface area contributed by atoms with Gasteiger partial charge < -0.3 is 14.9 Å². The van der Waals surface area contributed by atoms with Crippen LogP contribution in [-0.2, 0) is 13.2 Å². The van der Waals surface area contributed by atoms with Crippen molar-refractivity contribution < 1.29 is 14.9 Å². The second-order valence-electron chi connectivity index (χ2n) is 2.57. The predicted molar refractivity (Wildman–Crippen MR) is 52.5 cm³/mol. The molecule has 2 N–H and O–H groups in total. The third-order valence-electron chi connectivity index (χ3n) is 1.75. The Labute approximate surface area is 85.1 Å². The molecule has 72 valence electrons. The fraction of sp³-hybridized carbons (Fsp3) is 0.333. The summed E-state index contributed by atoms with van der Waals surface area (Å²) in [6, 6.07) is 3.52. The van der Waals surface area contributed by atoms with Crippen LogP contribution in [0.15, 0.2) is 16.6 Å². The first kappa shape index (κ1) is 10.5. The Kier molecular flexibility index (Phi) is 3.71. The van der Waals surface area contributed by atoms with Gasteiger partial charge >= 0.3 is 0 Å². The lowest BCUT2D eigenvalue weighted by molar-refractivity contribution is 0.261. The molecule has 0 amide bonds. The van der Waals surface area contributed by atoms with Crippen LogP contribution in [0.2, 0.25) is 0 Å². The van der Waals surface area contributed by atoms with Crippen molar-refractivity contribution in [3.63, 3.8) is 0 Å². The van der Waals surface area contributed by atoms with Crippen LogP contribution in [-0.4, -0.2) is 17.3 Å². The molecule has 3 nitrogen and oxygen atoms in total.